The summed E-state index contributed by atoms with van der Waals surface area (Å²) in [6.45, 7) is 1.66. The first kappa shape index (κ1) is 21.0. The molecule has 9 heteroatoms. The smallest absolute Gasteiger partial charge is 0.250 e. The first-order valence-electron chi connectivity index (χ1n) is 7.07. The van der Waals surface area contributed by atoms with Gasteiger partial charge < -0.3 is 14.8 Å². The van der Waals surface area contributed by atoms with Crippen LogP contribution in [-0.2, 0) is 11.4 Å². The highest BCUT2D eigenvalue weighted by Gasteiger charge is 2.21. The second-order valence-corrected chi connectivity index (χ2v) is 5.28. The molecule has 2 N–H and O–H groups in total. The largest absolute Gasteiger partial charge is 0.784 e. The van der Waals surface area contributed by atoms with Gasteiger partial charge in [-0.2, -0.15) is 0 Å². The summed E-state index contributed by atoms with van der Waals surface area (Å²) in [5.41, 5.74) is 6.93. The van der Waals surface area contributed by atoms with Crippen molar-refractivity contribution in [1.82, 2.24) is 4.98 Å². The topological polar surface area (TPSA) is 153 Å². The zero-order valence-corrected chi connectivity index (χ0v) is 14.4. The number of Topliss-reactive ketones (excluding diaryl/α,β-unsaturated/α-hetero) is 1. The number of carbonyl (C=O) groups is 3. The standard InChI is InChI=1S/C11H8O2.C6H6N2O.H2O3S/c1-7-6-10(12)8-4-2-3-5-9(8)11(7)13;7-6(9)5-2-1-3-8-4-5;1-4(2)3/h2-6H,1H3;1-4H,(H2,7,9);(H2,1,2,3)/p-2. The average Bonchev–Trinajstić information content (AvgIpc) is 2.61. The molecule has 8 nitrogen and oxygen atoms in total. The van der Waals surface area contributed by atoms with Gasteiger partial charge in [0, 0.05) is 29.1 Å². The van der Waals surface area contributed by atoms with Crippen LogP contribution in [0.2, 0.25) is 0 Å². The number of rotatable bonds is 1. The summed E-state index contributed by atoms with van der Waals surface area (Å²) in [6.07, 6.45) is 4.42. The van der Waals surface area contributed by atoms with Gasteiger partial charge in [0.15, 0.2) is 11.6 Å². The predicted octanol–water partition coefficient (Wildman–Crippen LogP) is 1.19. The molecule has 2 aromatic rings. The maximum atomic E-state index is 11.5. The summed E-state index contributed by atoms with van der Waals surface area (Å²) >= 11 is -3.11. The molecule has 1 aliphatic rings. The number of benzene rings is 1. The lowest BCUT2D eigenvalue weighted by Gasteiger charge is -2.11. The molecule has 0 unspecified atom stereocenters. The molecule has 0 aliphatic heterocycles. The molecule has 0 radical (unpaired) electrons. The Balaban J connectivity index is 0.000000227. The number of nitrogens with two attached hydrogens (primary N) is 1. The van der Waals surface area contributed by atoms with Gasteiger partial charge in [-0.15, -0.1) is 11.4 Å². The molecule has 0 fully saturated rings. The number of pyridine rings is 1. The van der Waals surface area contributed by atoms with E-state index >= 15 is 0 Å². The van der Waals surface area contributed by atoms with Crippen molar-refractivity contribution in [2.45, 2.75) is 6.92 Å². The fourth-order valence-corrected chi connectivity index (χ4v) is 1.96. The third kappa shape index (κ3) is 6.48. The van der Waals surface area contributed by atoms with Gasteiger partial charge >= 0.3 is 0 Å². The monoisotopic (exact) mass is 374 g/mol. The predicted molar refractivity (Wildman–Crippen MR) is 91.3 cm³/mol. The van der Waals surface area contributed by atoms with Gasteiger partial charge in [0.2, 0.25) is 5.91 Å². The summed E-state index contributed by atoms with van der Waals surface area (Å²) in [5, 5.41) is 0. The van der Waals surface area contributed by atoms with Gasteiger partial charge in [-0.3, -0.25) is 23.6 Å². The van der Waals surface area contributed by atoms with Crippen LogP contribution in [0.4, 0.5) is 0 Å². The summed E-state index contributed by atoms with van der Waals surface area (Å²) in [7, 11) is 0. The highest BCUT2D eigenvalue weighted by Crippen LogP contribution is 2.20. The Morgan fingerprint density at radius 2 is 1.65 bits per heavy atom. The second-order valence-electron chi connectivity index (χ2n) is 4.88. The van der Waals surface area contributed by atoms with Crippen molar-refractivity contribution in [2.75, 3.05) is 0 Å². The minimum Gasteiger partial charge on any atom is -0.784 e. The Labute approximate surface area is 151 Å². The minimum atomic E-state index is -3.11. The molecule has 0 saturated heterocycles. The number of aromatic nitrogens is 1. The minimum absolute atomic E-state index is 0.0461. The van der Waals surface area contributed by atoms with Crippen LogP contribution in [0.5, 0.6) is 0 Å². The first-order chi connectivity index (χ1) is 12.2. The molecule has 26 heavy (non-hydrogen) atoms. The summed E-state index contributed by atoms with van der Waals surface area (Å²) < 4.78 is 25.3. The maximum Gasteiger partial charge on any atom is 0.250 e. The lowest BCUT2D eigenvalue weighted by Crippen LogP contribution is -2.14. The van der Waals surface area contributed by atoms with Crippen molar-refractivity contribution in [3.05, 3.63) is 77.1 Å². The van der Waals surface area contributed by atoms with Crippen molar-refractivity contribution in [1.29, 1.82) is 0 Å². The van der Waals surface area contributed by atoms with Crippen LogP contribution in [0, 0.1) is 0 Å². The molecule has 0 atom stereocenters. The number of primary amides is 1. The van der Waals surface area contributed by atoms with E-state index in [-0.39, 0.29) is 11.6 Å². The van der Waals surface area contributed by atoms with Gasteiger partial charge in [-0.05, 0) is 25.1 Å². The zero-order valence-electron chi connectivity index (χ0n) is 13.6. The SMILES string of the molecule is CC1=CC(=O)c2ccccc2C1=O.NC(=O)c1cccnc1.O=S([O-])[O-]. The van der Waals surface area contributed by atoms with E-state index in [0.29, 0.717) is 22.3 Å². The molecule has 3 rings (SSSR count). The zero-order chi connectivity index (χ0) is 19.7. The van der Waals surface area contributed by atoms with Crippen LogP contribution in [0.15, 0.2) is 60.4 Å². The first-order valence-corrected chi connectivity index (χ1v) is 8.07. The van der Waals surface area contributed by atoms with Gasteiger partial charge in [0.25, 0.3) is 0 Å². The Kier molecular flexibility index (Phi) is 8.16. The highest BCUT2D eigenvalue weighted by molar-refractivity contribution is 7.72. The van der Waals surface area contributed by atoms with Crippen LogP contribution >= 0.6 is 0 Å². The molecule has 1 aliphatic carbocycles. The van der Waals surface area contributed by atoms with Crippen molar-refractivity contribution >= 4 is 28.8 Å². The highest BCUT2D eigenvalue weighted by atomic mass is 32.2. The maximum absolute atomic E-state index is 11.5. The number of amides is 1. The normalized spacial score (nSPS) is 12.1. The molecule has 1 aromatic carbocycles. The number of nitrogens with zero attached hydrogens (tertiary/aromatic N) is 1. The summed E-state index contributed by atoms with van der Waals surface area (Å²) in [5.74, 6) is -0.564. The number of allylic oxidation sites excluding steroid dienone is 2. The Bertz CT molecular complexity index is 861. The molecule has 136 valence electrons. The molecular formula is C17H14N2O6S-2. The Hall–Kier alpha value is -3.01. The van der Waals surface area contributed by atoms with Crippen molar-refractivity contribution in [3.8, 4) is 0 Å². The van der Waals surface area contributed by atoms with E-state index < -0.39 is 17.3 Å². The van der Waals surface area contributed by atoms with Crippen molar-refractivity contribution < 1.29 is 27.7 Å². The molecule has 0 bridgehead atoms. The van der Waals surface area contributed by atoms with Crippen LogP contribution < -0.4 is 5.73 Å². The third-order valence-electron chi connectivity index (χ3n) is 3.09. The summed E-state index contributed by atoms with van der Waals surface area (Å²) in [4.78, 5) is 37.0. The lowest BCUT2D eigenvalue weighted by molar-refractivity contribution is 0.0984. The van der Waals surface area contributed by atoms with Crippen LogP contribution in [0.3, 0.4) is 0 Å². The number of ketones is 2. The number of fused-ring (bicyclic) bond motifs is 1. The van der Waals surface area contributed by atoms with Gasteiger partial charge in [0.05, 0.1) is 5.56 Å². The van der Waals surface area contributed by atoms with Crippen LogP contribution in [-0.4, -0.2) is 35.8 Å². The van der Waals surface area contributed by atoms with E-state index in [2.05, 4.69) is 4.98 Å². The van der Waals surface area contributed by atoms with E-state index in [1.807, 2.05) is 0 Å². The van der Waals surface area contributed by atoms with Crippen LogP contribution in [0.25, 0.3) is 0 Å². The molecule has 1 amide bonds. The van der Waals surface area contributed by atoms with E-state index in [1.165, 1.54) is 12.3 Å². The van der Waals surface area contributed by atoms with E-state index in [9.17, 15) is 14.4 Å². The number of hydrogen-bond donors (Lipinski definition) is 1. The van der Waals surface area contributed by atoms with Gasteiger partial charge in [-0.1, -0.05) is 24.3 Å². The van der Waals surface area contributed by atoms with E-state index in [0.717, 1.165) is 0 Å². The second kappa shape index (κ2) is 10.1. The summed E-state index contributed by atoms with van der Waals surface area (Å²) in [6, 6.07) is 10.2. The lowest BCUT2D eigenvalue weighted by atomic mass is 9.90. The number of carbonyl (C=O) groups excluding carboxylic acids is 3. The van der Waals surface area contributed by atoms with E-state index in [4.69, 9.17) is 19.0 Å². The molecule has 1 aromatic heterocycles. The van der Waals surface area contributed by atoms with Gasteiger partial charge in [0.1, 0.15) is 0 Å². The molecule has 0 saturated carbocycles. The molecule has 0 spiro atoms. The average molecular weight is 374 g/mol. The Morgan fingerprint density at radius 3 is 2.12 bits per heavy atom. The van der Waals surface area contributed by atoms with Gasteiger partial charge in [-0.25, -0.2) is 0 Å². The molecule has 1 heterocycles. The van der Waals surface area contributed by atoms with Crippen molar-refractivity contribution in [2.24, 2.45) is 5.73 Å². The van der Waals surface area contributed by atoms with Crippen molar-refractivity contribution in [3.63, 3.8) is 0 Å². The third-order valence-corrected chi connectivity index (χ3v) is 3.09. The number of hydrogen-bond acceptors (Lipinski definition) is 7. The van der Waals surface area contributed by atoms with Crippen LogP contribution in [0.1, 0.15) is 38.0 Å². The molecular weight excluding hydrogens is 360 g/mol. The fourth-order valence-electron chi connectivity index (χ4n) is 1.96. The van der Waals surface area contributed by atoms with E-state index in [1.54, 1.807) is 49.5 Å². The fraction of sp³-hybridized carbons (Fsp3) is 0.0588. The quantitative estimate of drug-likeness (QED) is 0.735. The Morgan fingerprint density at radius 1 is 1.08 bits per heavy atom.